The molecule has 2 fully saturated rings. The zero-order chi connectivity index (χ0) is 18.7. The average Bonchev–Trinajstić information content (AvgIpc) is 3.44. The number of nitro groups is 1. The first-order chi connectivity index (χ1) is 12.4. The highest BCUT2D eigenvalue weighted by atomic mass is 16.6. The van der Waals surface area contributed by atoms with Gasteiger partial charge >= 0.3 is 5.97 Å². The molecule has 26 heavy (non-hydrogen) atoms. The third kappa shape index (κ3) is 3.93. The number of rotatable bonds is 7. The number of nitrogens with zero attached hydrogens (tertiary/aromatic N) is 1. The van der Waals surface area contributed by atoms with E-state index in [0.717, 1.165) is 12.8 Å². The van der Waals surface area contributed by atoms with Gasteiger partial charge in [0.1, 0.15) is 5.69 Å². The summed E-state index contributed by atoms with van der Waals surface area (Å²) < 4.78 is 5.20. The minimum absolute atomic E-state index is 0.0413. The molecule has 1 heterocycles. The predicted molar refractivity (Wildman–Crippen MR) is 92.2 cm³/mol. The van der Waals surface area contributed by atoms with E-state index < -0.39 is 22.2 Å². The van der Waals surface area contributed by atoms with Crippen LogP contribution in [-0.4, -0.2) is 47.7 Å². The largest absolute Gasteiger partial charge is 0.481 e. The van der Waals surface area contributed by atoms with Crippen molar-refractivity contribution in [3.63, 3.8) is 0 Å². The summed E-state index contributed by atoms with van der Waals surface area (Å²) in [5, 5.41) is 26.5. The van der Waals surface area contributed by atoms with Crippen LogP contribution in [0.3, 0.4) is 0 Å². The molecule has 2 aliphatic rings. The van der Waals surface area contributed by atoms with E-state index in [1.165, 1.54) is 18.2 Å². The van der Waals surface area contributed by atoms with E-state index >= 15 is 0 Å². The second-order valence-corrected chi connectivity index (χ2v) is 6.79. The molecule has 1 aliphatic carbocycles. The molecule has 3 N–H and O–H groups in total. The van der Waals surface area contributed by atoms with Gasteiger partial charge in [-0.1, -0.05) is 0 Å². The zero-order valence-corrected chi connectivity index (χ0v) is 14.2. The first kappa shape index (κ1) is 18.1. The van der Waals surface area contributed by atoms with Gasteiger partial charge in [0.05, 0.1) is 10.3 Å². The quantitative estimate of drug-likeness (QED) is 0.497. The number of amides is 1. The Kier molecular flexibility index (Phi) is 5.08. The fourth-order valence-electron chi connectivity index (χ4n) is 2.97. The fourth-order valence-corrected chi connectivity index (χ4v) is 2.97. The van der Waals surface area contributed by atoms with Crippen molar-refractivity contribution in [1.29, 1.82) is 0 Å². The molecule has 1 aliphatic heterocycles. The summed E-state index contributed by atoms with van der Waals surface area (Å²) in [6.45, 7) is 0.616. The molecule has 9 nitrogen and oxygen atoms in total. The lowest BCUT2D eigenvalue weighted by molar-refractivity contribution is -0.384. The summed E-state index contributed by atoms with van der Waals surface area (Å²) in [5.74, 6) is -1.51. The Bertz CT molecular complexity index is 725. The third-order valence-corrected chi connectivity index (χ3v) is 4.88. The van der Waals surface area contributed by atoms with Crippen LogP contribution in [0.15, 0.2) is 18.2 Å². The van der Waals surface area contributed by atoms with Gasteiger partial charge in [-0.15, -0.1) is 0 Å². The Balaban J connectivity index is 1.71. The van der Waals surface area contributed by atoms with Crippen molar-refractivity contribution in [2.45, 2.75) is 31.7 Å². The van der Waals surface area contributed by atoms with Crippen LogP contribution in [0.4, 0.5) is 11.4 Å². The number of aliphatic carboxylic acids is 1. The second kappa shape index (κ2) is 7.28. The fraction of sp³-hybridized carbons (Fsp3) is 0.529. The number of hydrogen-bond donors (Lipinski definition) is 3. The summed E-state index contributed by atoms with van der Waals surface area (Å²) in [7, 11) is 0. The van der Waals surface area contributed by atoms with Crippen molar-refractivity contribution in [3.05, 3.63) is 33.9 Å². The molecule has 3 rings (SSSR count). The molecule has 0 bridgehead atoms. The number of nitrogens with one attached hydrogen (secondary N) is 2. The lowest BCUT2D eigenvalue weighted by Gasteiger charge is -2.33. The summed E-state index contributed by atoms with van der Waals surface area (Å²) in [6, 6.07) is 4.49. The molecule has 0 atom stereocenters. The second-order valence-electron chi connectivity index (χ2n) is 6.79. The van der Waals surface area contributed by atoms with Gasteiger partial charge in [0.15, 0.2) is 0 Å². The number of hydrogen-bond acceptors (Lipinski definition) is 6. The summed E-state index contributed by atoms with van der Waals surface area (Å²) in [6.07, 6.45) is 2.57. The van der Waals surface area contributed by atoms with Crippen LogP contribution in [0.5, 0.6) is 0 Å². The van der Waals surface area contributed by atoms with E-state index in [-0.39, 0.29) is 23.8 Å². The van der Waals surface area contributed by atoms with Crippen LogP contribution in [0.1, 0.15) is 36.0 Å². The number of carbonyl (C=O) groups is 2. The third-order valence-electron chi connectivity index (χ3n) is 4.88. The van der Waals surface area contributed by atoms with E-state index in [0.29, 0.717) is 31.7 Å². The minimum atomic E-state index is -1.06. The molecule has 1 aromatic rings. The minimum Gasteiger partial charge on any atom is -0.481 e. The molecule has 0 unspecified atom stereocenters. The number of carbonyl (C=O) groups excluding carboxylic acids is 1. The summed E-state index contributed by atoms with van der Waals surface area (Å²) in [4.78, 5) is 34.8. The molecule has 0 spiro atoms. The molecule has 140 valence electrons. The zero-order valence-electron chi connectivity index (χ0n) is 14.2. The molecule has 9 heteroatoms. The van der Waals surface area contributed by atoms with Gasteiger partial charge in [-0.25, -0.2) is 0 Å². The van der Waals surface area contributed by atoms with Crippen LogP contribution in [0, 0.1) is 15.5 Å². The monoisotopic (exact) mass is 363 g/mol. The highest BCUT2D eigenvalue weighted by Crippen LogP contribution is 2.32. The van der Waals surface area contributed by atoms with Gasteiger partial charge in [-0.05, 0) is 37.8 Å². The first-order valence-corrected chi connectivity index (χ1v) is 8.56. The van der Waals surface area contributed by atoms with Gasteiger partial charge in [0.25, 0.3) is 11.6 Å². The van der Waals surface area contributed by atoms with Crippen molar-refractivity contribution in [2.24, 2.45) is 5.41 Å². The Morgan fingerprint density at radius 1 is 1.31 bits per heavy atom. The van der Waals surface area contributed by atoms with Crippen LogP contribution < -0.4 is 10.6 Å². The van der Waals surface area contributed by atoms with Crippen molar-refractivity contribution in [1.82, 2.24) is 5.32 Å². The molecule has 0 aromatic heterocycles. The highest BCUT2D eigenvalue weighted by molar-refractivity contribution is 5.96. The maximum atomic E-state index is 12.4. The number of benzene rings is 1. The number of carboxylic acids is 1. The Morgan fingerprint density at radius 2 is 2.00 bits per heavy atom. The van der Waals surface area contributed by atoms with E-state index in [9.17, 15) is 24.8 Å². The number of anilines is 1. The normalized spacial score (nSPS) is 18.8. The van der Waals surface area contributed by atoms with Crippen LogP contribution in [0.25, 0.3) is 0 Å². The molecule has 1 aromatic carbocycles. The molecule has 1 saturated heterocycles. The molecule has 1 saturated carbocycles. The molecular weight excluding hydrogens is 342 g/mol. The first-order valence-electron chi connectivity index (χ1n) is 8.56. The number of carboxylic acid groups (broad SMARTS) is 1. The van der Waals surface area contributed by atoms with Crippen molar-refractivity contribution < 1.29 is 24.4 Å². The number of nitro benzene ring substituents is 1. The summed E-state index contributed by atoms with van der Waals surface area (Å²) in [5.41, 5.74) is -0.706. The van der Waals surface area contributed by atoms with Gasteiger partial charge in [0.2, 0.25) is 0 Å². The highest BCUT2D eigenvalue weighted by Gasteiger charge is 2.40. The van der Waals surface area contributed by atoms with E-state index in [1.54, 1.807) is 0 Å². The average molecular weight is 363 g/mol. The van der Waals surface area contributed by atoms with Crippen LogP contribution in [-0.2, 0) is 9.53 Å². The lowest BCUT2D eigenvalue weighted by atomic mass is 9.80. The van der Waals surface area contributed by atoms with E-state index in [1.807, 2.05) is 0 Å². The van der Waals surface area contributed by atoms with Crippen LogP contribution >= 0.6 is 0 Å². The molecular formula is C17H21N3O6. The predicted octanol–water partition coefficient (Wildman–Crippen LogP) is 1.78. The van der Waals surface area contributed by atoms with Gasteiger partial charge in [0, 0.05) is 37.4 Å². The topological polar surface area (TPSA) is 131 Å². The Morgan fingerprint density at radius 3 is 2.58 bits per heavy atom. The number of ether oxygens (including phenoxy) is 1. The van der Waals surface area contributed by atoms with E-state index in [4.69, 9.17) is 4.74 Å². The van der Waals surface area contributed by atoms with Gasteiger partial charge in [-0.3, -0.25) is 19.7 Å². The summed E-state index contributed by atoms with van der Waals surface area (Å²) >= 11 is 0. The Hall–Kier alpha value is -2.68. The molecule has 1 amide bonds. The maximum Gasteiger partial charge on any atom is 0.311 e. The standard InChI is InChI=1S/C17H21N3O6/c21-15(18-10-17(16(22)23)5-7-26-8-6-17)11-1-4-13(19-12-2-3-12)14(9-11)20(24)25/h1,4,9,12,19H,2-3,5-8,10H2,(H,18,21)(H,22,23). The maximum absolute atomic E-state index is 12.4. The van der Waals surface area contributed by atoms with Crippen molar-refractivity contribution >= 4 is 23.3 Å². The lowest BCUT2D eigenvalue weighted by Crippen LogP contribution is -2.46. The smallest absolute Gasteiger partial charge is 0.311 e. The van der Waals surface area contributed by atoms with Gasteiger partial charge in [-0.2, -0.15) is 0 Å². The SMILES string of the molecule is O=C(NCC1(C(=O)O)CCOCC1)c1ccc(NC2CC2)c([N+](=O)[O-])c1. The van der Waals surface area contributed by atoms with Crippen molar-refractivity contribution in [2.75, 3.05) is 25.1 Å². The molecule has 0 radical (unpaired) electrons. The van der Waals surface area contributed by atoms with Crippen LogP contribution in [0.2, 0.25) is 0 Å². The Labute approximate surface area is 149 Å². The van der Waals surface area contributed by atoms with Gasteiger partial charge < -0.3 is 20.5 Å². The van der Waals surface area contributed by atoms with Crippen molar-refractivity contribution in [3.8, 4) is 0 Å². The van der Waals surface area contributed by atoms with E-state index in [2.05, 4.69) is 10.6 Å².